The van der Waals surface area contributed by atoms with Crippen molar-refractivity contribution in [2.45, 2.75) is 44.6 Å². The molecule has 1 aliphatic carbocycles. The molecule has 0 spiro atoms. The van der Waals surface area contributed by atoms with Gasteiger partial charge in [0.1, 0.15) is 5.82 Å². The Bertz CT molecular complexity index is 1000. The number of rotatable bonds is 6. The lowest BCUT2D eigenvalue weighted by atomic mass is 10.1. The van der Waals surface area contributed by atoms with Crippen LogP contribution in [-0.4, -0.2) is 44.1 Å². The first kappa shape index (κ1) is 20.8. The average molecular weight is 431 g/mol. The van der Waals surface area contributed by atoms with Gasteiger partial charge >= 0.3 is 0 Å². The van der Waals surface area contributed by atoms with E-state index in [4.69, 9.17) is 0 Å². The molecule has 0 atom stereocenters. The Morgan fingerprint density at radius 2 is 1.80 bits per heavy atom. The first-order valence-corrected chi connectivity index (χ1v) is 12.2. The van der Waals surface area contributed by atoms with Crippen LogP contribution < -0.4 is 4.31 Å². The Morgan fingerprint density at radius 3 is 2.47 bits per heavy atom. The Hall–Kier alpha value is -2.41. The summed E-state index contributed by atoms with van der Waals surface area (Å²) in [6.45, 7) is 1.01. The lowest BCUT2D eigenvalue weighted by Crippen LogP contribution is -2.40. The normalized spacial score (nSPS) is 18.6. The maximum Gasteiger partial charge on any atom is 0.254 e. The standard InChI is InChI=1S/C23H27FN2O3S/c24-20-11-9-18(10-12-20)13-15-25(21-6-1-2-7-21)23(27)19-5-3-8-22(17-19)26-14-4-16-30(26,28)29/h3,5,8-12,17,21H,1-2,4,6-7,13-16H2. The molecule has 7 heteroatoms. The van der Waals surface area contributed by atoms with Crippen LogP contribution in [0.25, 0.3) is 0 Å². The van der Waals surface area contributed by atoms with Crippen LogP contribution in [0.5, 0.6) is 0 Å². The zero-order valence-corrected chi connectivity index (χ0v) is 17.8. The molecule has 1 heterocycles. The minimum absolute atomic E-state index is 0.0672. The first-order valence-electron chi connectivity index (χ1n) is 10.6. The smallest absolute Gasteiger partial charge is 0.254 e. The number of anilines is 1. The van der Waals surface area contributed by atoms with Crippen LogP contribution in [0.4, 0.5) is 10.1 Å². The van der Waals surface area contributed by atoms with Crippen molar-refractivity contribution in [2.24, 2.45) is 0 Å². The Morgan fingerprint density at radius 1 is 1.07 bits per heavy atom. The summed E-state index contributed by atoms with van der Waals surface area (Å²) in [6.07, 6.45) is 5.44. The summed E-state index contributed by atoms with van der Waals surface area (Å²) in [7, 11) is -3.29. The molecule has 0 aromatic heterocycles. The number of nitrogens with zero attached hydrogens (tertiary/aromatic N) is 2. The van der Waals surface area contributed by atoms with Crippen molar-refractivity contribution in [2.75, 3.05) is 23.1 Å². The van der Waals surface area contributed by atoms with Crippen molar-refractivity contribution in [1.29, 1.82) is 0 Å². The van der Waals surface area contributed by atoms with Gasteiger partial charge < -0.3 is 4.90 Å². The van der Waals surface area contributed by atoms with Crippen molar-refractivity contribution in [3.05, 3.63) is 65.5 Å². The molecule has 5 nitrogen and oxygen atoms in total. The van der Waals surface area contributed by atoms with Gasteiger partial charge in [0.15, 0.2) is 0 Å². The SMILES string of the molecule is O=C(c1cccc(N2CCCS2(=O)=O)c1)N(CCc1ccc(F)cc1)C1CCCC1. The van der Waals surface area contributed by atoms with Crippen LogP contribution in [0.15, 0.2) is 48.5 Å². The highest BCUT2D eigenvalue weighted by Gasteiger charge is 2.30. The molecule has 1 amide bonds. The number of halogens is 1. The maximum atomic E-state index is 13.4. The van der Waals surface area contributed by atoms with Gasteiger partial charge in [0, 0.05) is 24.7 Å². The zero-order valence-electron chi connectivity index (χ0n) is 17.0. The topological polar surface area (TPSA) is 57.7 Å². The van der Waals surface area contributed by atoms with E-state index < -0.39 is 10.0 Å². The van der Waals surface area contributed by atoms with Gasteiger partial charge in [-0.3, -0.25) is 9.10 Å². The molecular weight excluding hydrogens is 403 g/mol. The molecule has 2 aliphatic rings. The first-order chi connectivity index (χ1) is 14.4. The highest BCUT2D eigenvalue weighted by molar-refractivity contribution is 7.93. The largest absolute Gasteiger partial charge is 0.335 e. The Labute approximate surface area is 177 Å². The molecular formula is C23H27FN2O3S. The minimum atomic E-state index is -3.29. The fourth-order valence-corrected chi connectivity index (χ4v) is 6.01. The monoisotopic (exact) mass is 430 g/mol. The van der Waals surface area contributed by atoms with E-state index in [1.807, 2.05) is 4.90 Å². The third-order valence-corrected chi connectivity index (χ3v) is 7.93. The zero-order chi connectivity index (χ0) is 21.1. The van der Waals surface area contributed by atoms with Crippen molar-refractivity contribution >= 4 is 21.6 Å². The van der Waals surface area contributed by atoms with E-state index in [0.29, 0.717) is 37.2 Å². The van der Waals surface area contributed by atoms with Crippen LogP contribution in [0, 0.1) is 5.82 Å². The van der Waals surface area contributed by atoms with Gasteiger partial charge in [0.05, 0.1) is 11.4 Å². The summed E-state index contributed by atoms with van der Waals surface area (Å²) in [6, 6.07) is 13.5. The summed E-state index contributed by atoms with van der Waals surface area (Å²) in [5.74, 6) is -0.185. The highest BCUT2D eigenvalue weighted by atomic mass is 32.2. The Balaban J connectivity index is 1.55. The molecule has 0 radical (unpaired) electrons. The molecule has 1 saturated heterocycles. The predicted octanol–water partition coefficient (Wildman–Crippen LogP) is 3.99. The molecule has 0 bridgehead atoms. The van der Waals surface area contributed by atoms with Crippen LogP contribution in [0.3, 0.4) is 0 Å². The third kappa shape index (κ3) is 4.51. The summed E-state index contributed by atoms with van der Waals surface area (Å²) in [5, 5.41) is 0. The molecule has 0 unspecified atom stereocenters. The molecule has 0 N–H and O–H groups in total. The van der Waals surface area contributed by atoms with E-state index in [9.17, 15) is 17.6 Å². The highest BCUT2D eigenvalue weighted by Crippen LogP contribution is 2.28. The van der Waals surface area contributed by atoms with Gasteiger partial charge in [0.25, 0.3) is 5.91 Å². The lowest BCUT2D eigenvalue weighted by molar-refractivity contribution is 0.0684. The maximum absolute atomic E-state index is 13.4. The second-order valence-electron chi connectivity index (χ2n) is 8.11. The molecule has 4 rings (SSSR count). The van der Waals surface area contributed by atoms with Gasteiger partial charge in [-0.25, -0.2) is 12.8 Å². The number of benzene rings is 2. The summed E-state index contributed by atoms with van der Waals surface area (Å²) in [4.78, 5) is 15.4. The van der Waals surface area contributed by atoms with Gasteiger partial charge in [-0.15, -0.1) is 0 Å². The van der Waals surface area contributed by atoms with Gasteiger partial charge in [-0.05, 0) is 61.6 Å². The average Bonchev–Trinajstić information content (AvgIpc) is 3.39. The fraction of sp³-hybridized carbons (Fsp3) is 0.435. The van der Waals surface area contributed by atoms with E-state index in [0.717, 1.165) is 31.2 Å². The minimum Gasteiger partial charge on any atom is -0.335 e. The quantitative estimate of drug-likeness (QED) is 0.696. The Kier molecular flexibility index (Phi) is 6.09. The molecule has 30 heavy (non-hydrogen) atoms. The van der Waals surface area contributed by atoms with E-state index in [-0.39, 0.29) is 23.5 Å². The van der Waals surface area contributed by atoms with E-state index in [1.54, 1.807) is 36.4 Å². The van der Waals surface area contributed by atoms with Crippen LogP contribution >= 0.6 is 0 Å². The van der Waals surface area contributed by atoms with Crippen molar-refractivity contribution in [3.8, 4) is 0 Å². The van der Waals surface area contributed by atoms with Crippen LogP contribution in [0.2, 0.25) is 0 Å². The lowest BCUT2D eigenvalue weighted by Gasteiger charge is -2.29. The van der Waals surface area contributed by atoms with Crippen molar-refractivity contribution in [1.82, 2.24) is 4.90 Å². The molecule has 1 saturated carbocycles. The molecule has 1 aliphatic heterocycles. The van der Waals surface area contributed by atoms with E-state index >= 15 is 0 Å². The summed E-state index contributed by atoms with van der Waals surface area (Å²) in [5.41, 5.74) is 2.06. The number of hydrogen-bond acceptors (Lipinski definition) is 3. The van der Waals surface area contributed by atoms with Gasteiger partial charge in [-0.2, -0.15) is 0 Å². The number of amides is 1. The molecule has 2 fully saturated rings. The molecule has 160 valence electrons. The number of carbonyl (C=O) groups is 1. The number of sulfonamides is 1. The fourth-order valence-electron chi connectivity index (χ4n) is 4.46. The van der Waals surface area contributed by atoms with E-state index in [2.05, 4.69) is 0 Å². The van der Waals surface area contributed by atoms with Gasteiger partial charge in [0.2, 0.25) is 10.0 Å². The number of carbonyl (C=O) groups excluding carboxylic acids is 1. The molecule has 2 aromatic rings. The molecule has 2 aromatic carbocycles. The van der Waals surface area contributed by atoms with Crippen molar-refractivity contribution in [3.63, 3.8) is 0 Å². The van der Waals surface area contributed by atoms with Crippen molar-refractivity contribution < 1.29 is 17.6 Å². The second kappa shape index (κ2) is 8.76. The second-order valence-corrected chi connectivity index (χ2v) is 10.1. The van der Waals surface area contributed by atoms with E-state index in [1.165, 1.54) is 16.4 Å². The third-order valence-electron chi connectivity index (χ3n) is 6.06. The van der Waals surface area contributed by atoms with Gasteiger partial charge in [-0.1, -0.05) is 31.0 Å². The summed E-state index contributed by atoms with van der Waals surface area (Å²) < 4.78 is 39.1. The van der Waals surface area contributed by atoms with Crippen LogP contribution in [-0.2, 0) is 16.4 Å². The van der Waals surface area contributed by atoms with Crippen LogP contribution in [0.1, 0.15) is 48.0 Å². The predicted molar refractivity (Wildman–Crippen MR) is 116 cm³/mol. The number of hydrogen-bond donors (Lipinski definition) is 0. The summed E-state index contributed by atoms with van der Waals surface area (Å²) >= 11 is 0.